The van der Waals surface area contributed by atoms with Crippen molar-refractivity contribution in [3.05, 3.63) is 0 Å². The average molecular weight is 310 g/mol. The molecule has 0 aromatic carbocycles. The van der Waals surface area contributed by atoms with Gasteiger partial charge in [-0.2, -0.15) is 0 Å². The summed E-state index contributed by atoms with van der Waals surface area (Å²) in [5.41, 5.74) is -0.238. The highest BCUT2D eigenvalue weighted by Gasteiger charge is 2.53. The van der Waals surface area contributed by atoms with Crippen LogP contribution in [0.3, 0.4) is 0 Å². The van der Waals surface area contributed by atoms with Crippen molar-refractivity contribution in [1.82, 2.24) is 9.80 Å². The van der Waals surface area contributed by atoms with E-state index < -0.39 is 0 Å². The summed E-state index contributed by atoms with van der Waals surface area (Å²) in [5, 5.41) is 0. The molecule has 0 aromatic rings. The number of carbonyl (C=O) groups excluding carboxylic acids is 2. The molecule has 124 valence electrons. The van der Waals surface area contributed by atoms with E-state index in [1.807, 2.05) is 4.90 Å². The first-order valence-corrected chi connectivity index (χ1v) is 8.15. The zero-order valence-corrected chi connectivity index (χ0v) is 13.7. The normalized spacial score (nSPS) is 32.5. The molecular formula is C16H26N2O4. The first-order chi connectivity index (χ1) is 10.4. The molecule has 0 radical (unpaired) electrons. The molecule has 3 fully saturated rings. The Morgan fingerprint density at radius 1 is 1.36 bits per heavy atom. The summed E-state index contributed by atoms with van der Waals surface area (Å²) in [5.74, 6) is 1.05. The fraction of sp³-hybridized carbons (Fsp3) is 0.875. The van der Waals surface area contributed by atoms with E-state index in [0.29, 0.717) is 25.6 Å². The molecule has 3 aliphatic rings. The van der Waals surface area contributed by atoms with Crippen molar-refractivity contribution in [2.45, 2.75) is 37.9 Å². The first-order valence-electron chi connectivity index (χ1n) is 8.15. The Morgan fingerprint density at radius 3 is 2.64 bits per heavy atom. The molecule has 1 aliphatic carbocycles. The lowest BCUT2D eigenvalue weighted by Gasteiger charge is -2.53. The highest BCUT2D eigenvalue weighted by Crippen LogP contribution is 2.43. The molecule has 0 N–H and O–H groups in total. The van der Waals surface area contributed by atoms with Crippen molar-refractivity contribution < 1.29 is 19.1 Å². The molecule has 1 saturated carbocycles. The van der Waals surface area contributed by atoms with Gasteiger partial charge in [0, 0.05) is 33.0 Å². The second-order valence-corrected chi connectivity index (χ2v) is 7.26. The minimum Gasteiger partial charge on any atom is -0.371 e. The Kier molecular flexibility index (Phi) is 4.16. The monoisotopic (exact) mass is 310 g/mol. The van der Waals surface area contributed by atoms with Crippen LogP contribution in [0.25, 0.3) is 0 Å². The minimum absolute atomic E-state index is 0.0197. The van der Waals surface area contributed by atoms with E-state index >= 15 is 0 Å². The lowest BCUT2D eigenvalue weighted by molar-refractivity contribution is -0.202. The predicted octanol–water partition coefficient (Wildman–Crippen LogP) is 0.507. The number of ether oxygens (including phenoxy) is 2. The smallest absolute Gasteiger partial charge is 0.248 e. The standard InChI is InChI=1S/C16H26N2O4/c1-11-6-13(11)15(20)18-9-16(10-18)7-12(4-5-22-16)21-8-14(19)17(2)3/h11-13H,4-10H2,1-3H3/t11-,12-,13-/m1/s1. The van der Waals surface area contributed by atoms with E-state index in [9.17, 15) is 9.59 Å². The van der Waals surface area contributed by atoms with Crippen LogP contribution in [0.1, 0.15) is 26.2 Å². The van der Waals surface area contributed by atoms with Gasteiger partial charge in [-0.05, 0) is 18.8 Å². The lowest BCUT2D eigenvalue weighted by Crippen LogP contribution is -2.67. The largest absolute Gasteiger partial charge is 0.371 e. The second-order valence-electron chi connectivity index (χ2n) is 7.26. The van der Waals surface area contributed by atoms with Gasteiger partial charge in [-0.1, -0.05) is 6.92 Å². The lowest BCUT2D eigenvalue weighted by atomic mass is 9.84. The van der Waals surface area contributed by atoms with Crippen molar-refractivity contribution in [3.8, 4) is 0 Å². The van der Waals surface area contributed by atoms with Gasteiger partial charge in [0.25, 0.3) is 0 Å². The Morgan fingerprint density at radius 2 is 2.05 bits per heavy atom. The van der Waals surface area contributed by atoms with E-state index in [1.165, 1.54) is 4.90 Å². The molecule has 6 heteroatoms. The highest BCUT2D eigenvalue weighted by molar-refractivity contribution is 5.82. The van der Waals surface area contributed by atoms with E-state index in [1.54, 1.807) is 14.1 Å². The molecule has 2 amide bonds. The number of hydrogen-bond donors (Lipinski definition) is 0. The summed E-state index contributed by atoms with van der Waals surface area (Å²) >= 11 is 0. The van der Waals surface area contributed by atoms with Gasteiger partial charge in [-0.15, -0.1) is 0 Å². The fourth-order valence-electron chi connectivity index (χ4n) is 3.37. The maximum Gasteiger partial charge on any atom is 0.248 e. The van der Waals surface area contributed by atoms with E-state index in [0.717, 1.165) is 19.3 Å². The zero-order valence-electron chi connectivity index (χ0n) is 13.7. The van der Waals surface area contributed by atoms with Crippen LogP contribution in [0.15, 0.2) is 0 Å². The van der Waals surface area contributed by atoms with Crippen molar-refractivity contribution >= 4 is 11.8 Å². The van der Waals surface area contributed by atoms with Crippen LogP contribution in [-0.4, -0.2) is 73.7 Å². The van der Waals surface area contributed by atoms with E-state index in [4.69, 9.17) is 9.47 Å². The predicted molar refractivity (Wildman–Crippen MR) is 80.2 cm³/mol. The number of nitrogens with zero attached hydrogens (tertiary/aromatic N) is 2. The van der Waals surface area contributed by atoms with Crippen molar-refractivity contribution in [3.63, 3.8) is 0 Å². The topological polar surface area (TPSA) is 59.1 Å². The average Bonchev–Trinajstić information content (AvgIpc) is 3.18. The Balaban J connectivity index is 1.45. The third-order valence-electron chi connectivity index (χ3n) is 5.09. The van der Waals surface area contributed by atoms with Crippen LogP contribution in [0, 0.1) is 11.8 Å². The number of likely N-dealkylation sites (tertiary alicyclic amines) is 1. The quantitative estimate of drug-likeness (QED) is 0.759. The number of rotatable bonds is 4. The van der Waals surface area contributed by atoms with Crippen molar-refractivity contribution in [2.24, 2.45) is 11.8 Å². The maximum atomic E-state index is 12.2. The molecule has 22 heavy (non-hydrogen) atoms. The number of amides is 2. The highest BCUT2D eigenvalue weighted by atomic mass is 16.5. The molecule has 3 rings (SSSR count). The third-order valence-corrected chi connectivity index (χ3v) is 5.09. The van der Waals surface area contributed by atoms with Gasteiger partial charge in [0.2, 0.25) is 11.8 Å². The Hall–Kier alpha value is -1.14. The third kappa shape index (κ3) is 3.13. The van der Waals surface area contributed by atoms with Gasteiger partial charge in [0.1, 0.15) is 12.2 Å². The summed E-state index contributed by atoms with van der Waals surface area (Å²) in [6.45, 7) is 4.24. The van der Waals surface area contributed by atoms with Crippen molar-refractivity contribution in [1.29, 1.82) is 0 Å². The van der Waals surface area contributed by atoms with Gasteiger partial charge in [0.05, 0.1) is 19.2 Å². The second kappa shape index (κ2) is 5.81. The van der Waals surface area contributed by atoms with Gasteiger partial charge in [-0.3, -0.25) is 9.59 Å². The van der Waals surface area contributed by atoms with Crippen LogP contribution >= 0.6 is 0 Å². The molecular weight excluding hydrogens is 284 g/mol. The summed E-state index contributed by atoms with van der Waals surface area (Å²) in [4.78, 5) is 27.2. The van der Waals surface area contributed by atoms with Crippen LogP contribution in [-0.2, 0) is 19.1 Å². The van der Waals surface area contributed by atoms with E-state index in [-0.39, 0.29) is 36.0 Å². The first kappa shape index (κ1) is 15.7. The van der Waals surface area contributed by atoms with Gasteiger partial charge >= 0.3 is 0 Å². The summed E-state index contributed by atoms with van der Waals surface area (Å²) in [6.07, 6.45) is 2.67. The number of hydrogen-bond acceptors (Lipinski definition) is 4. The SMILES string of the molecule is C[C@@H]1C[C@H]1C(=O)N1CC2(C[C@H](OCC(=O)N(C)C)CCO2)C1. The van der Waals surface area contributed by atoms with Crippen LogP contribution < -0.4 is 0 Å². The Bertz CT molecular complexity index is 459. The van der Waals surface area contributed by atoms with Crippen molar-refractivity contribution in [2.75, 3.05) is 40.4 Å². The van der Waals surface area contributed by atoms with Crippen LogP contribution in [0.4, 0.5) is 0 Å². The molecule has 6 nitrogen and oxygen atoms in total. The Labute approximate surface area is 131 Å². The zero-order chi connectivity index (χ0) is 15.9. The molecule has 1 spiro atoms. The maximum absolute atomic E-state index is 12.2. The molecule has 0 aromatic heterocycles. The summed E-state index contributed by atoms with van der Waals surface area (Å²) in [6, 6.07) is 0. The van der Waals surface area contributed by atoms with Crippen LogP contribution in [0.5, 0.6) is 0 Å². The molecule has 3 atom stereocenters. The molecule has 2 saturated heterocycles. The number of carbonyl (C=O) groups is 2. The molecule has 2 heterocycles. The van der Waals surface area contributed by atoms with Gasteiger partial charge in [-0.25, -0.2) is 0 Å². The minimum atomic E-state index is -0.238. The fourth-order valence-corrected chi connectivity index (χ4v) is 3.37. The molecule has 0 bridgehead atoms. The number of likely N-dealkylation sites (N-methyl/N-ethyl adjacent to an activating group) is 1. The summed E-state index contributed by atoms with van der Waals surface area (Å²) < 4.78 is 11.7. The molecule has 0 unspecified atom stereocenters. The van der Waals surface area contributed by atoms with Crippen LogP contribution in [0.2, 0.25) is 0 Å². The van der Waals surface area contributed by atoms with Gasteiger partial charge < -0.3 is 19.3 Å². The summed E-state index contributed by atoms with van der Waals surface area (Å²) in [7, 11) is 3.46. The van der Waals surface area contributed by atoms with E-state index in [2.05, 4.69) is 6.92 Å². The molecule has 2 aliphatic heterocycles. The van der Waals surface area contributed by atoms with Gasteiger partial charge in [0.15, 0.2) is 0 Å².